The number of alkyl halides is 3. The van der Waals surface area contributed by atoms with E-state index in [1.807, 2.05) is 0 Å². The Balaban J connectivity index is 2.69. The monoisotopic (exact) mass is 250 g/mol. The molecule has 0 unspecified atom stereocenters. The molecule has 2 nitrogen and oxygen atoms in total. The Morgan fingerprint density at radius 1 is 1.18 bits per heavy atom. The summed E-state index contributed by atoms with van der Waals surface area (Å²) in [5.41, 5.74) is 4.57. The van der Waals surface area contributed by atoms with Crippen molar-refractivity contribution in [2.45, 2.75) is 19.1 Å². The highest BCUT2D eigenvalue weighted by atomic mass is 19.4. The first-order valence-corrected chi connectivity index (χ1v) is 5.21. The molecule has 0 aromatic heterocycles. The van der Waals surface area contributed by atoms with E-state index < -0.39 is 17.6 Å². The minimum absolute atomic E-state index is 0.195. The summed E-state index contributed by atoms with van der Waals surface area (Å²) in [4.78, 5) is 0. The normalized spacial score (nSPS) is 11.8. The summed E-state index contributed by atoms with van der Waals surface area (Å²) in [7, 11) is 0. The average Bonchev–Trinajstić information content (AvgIpc) is 2.22. The first-order valence-electron chi connectivity index (χ1n) is 5.21. The number of rotatable bonds is 5. The molecule has 0 heterocycles. The highest BCUT2D eigenvalue weighted by Crippen LogP contribution is 2.30. The number of benzene rings is 1. The van der Waals surface area contributed by atoms with Crippen molar-refractivity contribution >= 4 is 0 Å². The molecule has 0 aliphatic carbocycles. The van der Waals surface area contributed by atoms with E-state index in [-0.39, 0.29) is 12.1 Å². The molecule has 0 atom stereocenters. The SMILES string of the molecule is NCCCNCc1cc(F)cc(C(F)(F)F)c1. The minimum atomic E-state index is -4.52. The second-order valence-electron chi connectivity index (χ2n) is 3.66. The van der Waals surface area contributed by atoms with Crippen molar-refractivity contribution in [1.82, 2.24) is 5.32 Å². The Labute approximate surface area is 96.8 Å². The van der Waals surface area contributed by atoms with Crippen molar-refractivity contribution in [2.24, 2.45) is 5.73 Å². The summed E-state index contributed by atoms with van der Waals surface area (Å²) >= 11 is 0. The van der Waals surface area contributed by atoms with Crippen LogP contribution in [0.1, 0.15) is 17.5 Å². The maximum Gasteiger partial charge on any atom is 0.416 e. The highest BCUT2D eigenvalue weighted by Gasteiger charge is 2.31. The lowest BCUT2D eigenvalue weighted by Gasteiger charge is -2.10. The zero-order valence-electron chi connectivity index (χ0n) is 9.15. The summed E-state index contributed by atoms with van der Waals surface area (Å²) in [5.74, 6) is -0.879. The summed E-state index contributed by atoms with van der Waals surface area (Å²) in [6.07, 6.45) is -3.80. The predicted octanol–water partition coefficient (Wildman–Crippen LogP) is 2.28. The molecule has 0 saturated carbocycles. The first kappa shape index (κ1) is 13.9. The van der Waals surface area contributed by atoms with E-state index in [4.69, 9.17) is 5.73 Å². The van der Waals surface area contributed by atoms with Crippen molar-refractivity contribution < 1.29 is 17.6 Å². The molecule has 0 spiro atoms. The van der Waals surface area contributed by atoms with Crippen LogP contribution in [-0.4, -0.2) is 13.1 Å². The van der Waals surface area contributed by atoms with Gasteiger partial charge in [-0.1, -0.05) is 0 Å². The molecule has 0 aliphatic rings. The molecule has 0 radical (unpaired) electrons. The summed E-state index contributed by atoms with van der Waals surface area (Å²) in [5, 5.41) is 2.89. The van der Waals surface area contributed by atoms with Gasteiger partial charge in [0, 0.05) is 6.54 Å². The molecular formula is C11H14F4N2. The van der Waals surface area contributed by atoms with Gasteiger partial charge >= 0.3 is 6.18 Å². The second kappa shape index (κ2) is 5.97. The Kier molecular flexibility index (Phi) is 4.89. The van der Waals surface area contributed by atoms with Gasteiger partial charge < -0.3 is 11.1 Å². The molecule has 0 fully saturated rings. The van der Waals surface area contributed by atoms with Gasteiger partial charge in [0.25, 0.3) is 0 Å². The Morgan fingerprint density at radius 3 is 2.47 bits per heavy atom. The van der Waals surface area contributed by atoms with E-state index in [2.05, 4.69) is 5.32 Å². The van der Waals surface area contributed by atoms with E-state index >= 15 is 0 Å². The van der Waals surface area contributed by atoms with E-state index in [1.165, 1.54) is 0 Å². The Bertz CT molecular complexity index is 363. The summed E-state index contributed by atoms with van der Waals surface area (Å²) in [6.45, 7) is 1.29. The smallest absolute Gasteiger partial charge is 0.330 e. The fourth-order valence-electron chi connectivity index (χ4n) is 1.38. The van der Waals surface area contributed by atoms with E-state index in [1.54, 1.807) is 0 Å². The van der Waals surface area contributed by atoms with E-state index in [9.17, 15) is 17.6 Å². The van der Waals surface area contributed by atoms with Crippen molar-refractivity contribution in [3.05, 3.63) is 35.1 Å². The molecule has 0 amide bonds. The van der Waals surface area contributed by atoms with Gasteiger partial charge in [0.15, 0.2) is 0 Å². The van der Waals surface area contributed by atoms with Crippen LogP contribution in [0, 0.1) is 5.82 Å². The van der Waals surface area contributed by atoms with Crippen LogP contribution in [-0.2, 0) is 12.7 Å². The molecule has 3 N–H and O–H groups in total. The van der Waals surface area contributed by atoms with E-state index in [0.29, 0.717) is 19.2 Å². The lowest BCUT2D eigenvalue weighted by atomic mass is 10.1. The maximum absolute atomic E-state index is 13.0. The third-order valence-corrected chi connectivity index (χ3v) is 2.17. The standard InChI is InChI=1S/C11H14F4N2/c12-10-5-8(7-17-3-1-2-16)4-9(6-10)11(13,14)15/h4-6,17H,1-3,7,16H2. The van der Waals surface area contributed by atoms with Crippen molar-refractivity contribution in [2.75, 3.05) is 13.1 Å². The summed E-state index contributed by atoms with van der Waals surface area (Å²) in [6, 6.07) is 2.52. The third-order valence-electron chi connectivity index (χ3n) is 2.17. The lowest BCUT2D eigenvalue weighted by molar-refractivity contribution is -0.137. The highest BCUT2D eigenvalue weighted by molar-refractivity contribution is 5.26. The van der Waals surface area contributed by atoms with Crippen LogP contribution < -0.4 is 11.1 Å². The van der Waals surface area contributed by atoms with Crippen LogP contribution in [0.2, 0.25) is 0 Å². The largest absolute Gasteiger partial charge is 0.416 e. The molecular weight excluding hydrogens is 236 g/mol. The van der Waals surface area contributed by atoms with Gasteiger partial charge in [-0.15, -0.1) is 0 Å². The van der Waals surface area contributed by atoms with Crippen molar-refractivity contribution in [1.29, 1.82) is 0 Å². The quantitative estimate of drug-likeness (QED) is 0.621. The maximum atomic E-state index is 13.0. The molecule has 1 rings (SSSR count). The second-order valence-corrected chi connectivity index (χ2v) is 3.66. The Hall–Kier alpha value is -1.14. The van der Waals surface area contributed by atoms with Crippen LogP contribution in [0.3, 0.4) is 0 Å². The number of nitrogens with one attached hydrogen (secondary N) is 1. The number of hydrogen-bond acceptors (Lipinski definition) is 2. The van der Waals surface area contributed by atoms with Gasteiger partial charge in [-0.2, -0.15) is 13.2 Å². The molecule has 1 aromatic carbocycles. The van der Waals surface area contributed by atoms with Gasteiger partial charge in [-0.05, 0) is 43.3 Å². The van der Waals surface area contributed by atoms with Gasteiger partial charge in [0.05, 0.1) is 5.56 Å². The number of nitrogens with two attached hydrogens (primary N) is 1. The van der Waals surface area contributed by atoms with Gasteiger partial charge in [-0.3, -0.25) is 0 Å². The zero-order chi connectivity index (χ0) is 12.9. The van der Waals surface area contributed by atoms with Gasteiger partial charge in [0.2, 0.25) is 0 Å². The molecule has 96 valence electrons. The third kappa shape index (κ3) is 4.70. The van der Waals surface area contributed by atoms with Gasteiger partial charge in [-0.25, -0.2) is 4.39 Å². The predicted molar refractivity (Wildman–Crippen MR) is 56.8 cm³/mol. The minimum Gasteiger partial charge on any atom is -0.330 e. The number of halogens is 4. The first-order chi connectivity index (χ1) is 7.93. The van der Waals surface area contributed by atoms with Crippen LogP contribution >= 0.6 is 0 Å². The fraction of sp³-hybridized carbons (Fsp3) is 0.455. The lowest BCUT2D eigenvalue weighted by Crippen LogP contribution is -2.18. The van der Waals surface area contributed by atoms with Crippen LogP contribution in [0.4, 0.5) is 17.6 Å². The molecule has 0 bridgehead atoms. The molecule has 1 aromatic rings. The number of hydrogen-bond donors (Lipinski definition) is 2. The van der Waals surface area contributed by atoms with Crippen LogP contribution in [0.25, 0.3) is 0 Å². The molecule has 0 saturated heterocycles. The van der Waals surface area contributed by atoms with Gasteiger partial charge in [0.1, 0.15) is 5.82 Å². The van der Waals surface area contributed by atoms with Crippen molar-refractivity contribution in [3.8, 4) is 0 Å². The van der Waals surface area contributed by atoms with E-state index in [0.717, 1.165) is 18.6 Å². The van der Waals surface area contributed by atoms with Crippen molar-refractivity contribution in [3.63, 3.8) is 0 Å². The fourth-order valence-corrected chi connectivity index (χ4v) is 1.38. The average molecular weight is 250 g/mol. The molecule has 6 heteroatoms. The topological polar surface area (TPSA) is 38.0 Å². The summed E-state index contributed by atoms with van der Waals surface area (Å²) < 4.78 is 50.1. The zero-order valence-corrected chi connectivity index (χ0v) is 9.15. The molecule has 17 heavy (non-hydrogen) atoms. The van der Waals surface area contributed by atoms with Crippen LogP contribution in [0.15, 0.2) is 18.2 Å². The van der Waals surface area contributed by atoms with Crippen LogP contribution in [0.5, 0.6) is 0 Å². The molecule has 0 aliphatic heterocycles. The Morgan fingerprint density at radius 2 is 1.88 bits per heavy atom.